The Hall–Kier alpha value is -0.480. The van der Waals surface area contributed by atoms with Gasteiger partial charge in [-0.1, -0.05) is 36.2 Å². The van der Waals surface area contributed by atoms with Crippen molar-refractivity contribution in [3.63, 3.8) is 0 Å². The summed E-state index contributed by atoms with van der Waals surface area (Å²) in [4.78, 5) is 0. The van der Waals surface area contributed by atoms with Gasteiger partial charge in [-0.15, -0.1) is 0 Å². The van der Waals surface area contributed by atoms with Gasteiger partial charge in [-0.3, -0.25) is 0 Å². The van der Waals surface area contributed by atoms with Gasteiger partial charge in [0.25, 0.3) is 0 Å². The average molecular weight is 278 g/mol. The Morgan fingerprint density at radius 3 is 2.76 bits per heavy atom. The van der Waals surface area contributed by atoms with E-state index >= 15 is 0 Å². The van der Waals surface area contributed by atoms with Crippen LogP contribution in [-0.2, 0) is 0 Å². The Balaban J connectivity index is 2.58. The third-order valence-electron chi connectivity index (χ3n) is 2.21. The molecule has 1 aromatic rings. The van der Waals surface area contributed by atoms with E-state index in [0.717, 1.165) is 6.54 Å². The van der Waals surface area contributed by atoms with Crippen LogP contribution in [0.15, 0.2) is 18.2 Å². The van der Waals surface area contributed by atoms with Gasteiger partial charge in [0.05, 0.1) is 5.02 Å². The lowest BCUT2D eigenvalue weighted by Gasteiger charge is -2.24. The summed E-state index contributed by atoms with van der Waals surface area (Å²) >= 11 is 11.8. The molecule has 0 fully saturated rings. The van der Waals surface area contributed by atoms with Crippen LogP contribution in [0.1, 0.15) is 13.8 Å². The number of rotatable bonds is 6. The predicted molar refractivity (Wildman–Crippen MR) is 71.1 cm³/mol. The molecule has 5 heteroatoms. The molecule has 0 aromatic heterocycles. The lowest BCUT2D eigenvalue weighted by molar-refractivity contribution is 0.0128. The second-order valence-corrected chi connectivity index (χ2v) is 4.90. The van der Waals surface area contributed by atoms with Gasteiger partial charge in [0.15, 0.2) is 0 Å². The minimum absolute atomic E-state index is 0.153. The fourth-order valence-electron chi connectivity index (χ4n) is 1.27. The number of benzene rings is 1. The highest BCUT2D eigenvalue weighted by atomic mass is 35.5. The van der Waals surface area contributed by atoms with Gasteiger partial charge in [0.1, 0.15) is 23.0 Å². The van der Waals surface area contributed by atoms with Crippen LogP contribution in [0.2, 0.25) is 10.0 Å². The smallest absolute Gasteiger partial charge is 0.139 e. The van der Waals surface area contributed by atoms with Gasteiger partial charge in [-0.25, -0.2) is 0 Å². The second kappa shape index (κ2) is 6.45. The summed E-state index contributed by atoms with van der Waals surface area (Å²) in [5, 5.41) is 13.9. The molecule has 0 radical (unpaired) electrons. The van der Waals surface area contributed by atoms with Gasteiger partial charge >= 0.3 is 0 Å². The molecule has 0 bridgehead atoms. The van der Waals surface area contributed by atoms with Crippen molar-refractivity contribution in [3.8, 4) is 5.75 Å². The molecular weight excluding hydrogens is 261 g/mol. The topological polar surface area (TPSA) is 41.5 Å². The lowest BCUT2D eigenvalue weighted by atomic mass is 10.1. The number of aliphatic hydroxyl groups is 1. The van der Waals surface area contributed by atoms with E-state index in [1.165, 1.54) is 0 Å². The van der Waals surface area contributed by atoms with Crippen LogP contribution in [0, 0.1) is 0 Å². The molecule has 1 unspecified atom stereocenters. The molecule has 1 aromatic carbocycles. The highest BCUT2D eigenvalue weighted by Gasteiger charge is 2.21. The van der Waals surface area contributed by atoms with Gasteiger partial charge in [0, 0.05) is 6.54 Å². The molecule has 1 rings (SSSR count). The first kappa shape index (κ1) is 14.6. The van der Waals surface area contributed by atoms with Crippen LogP contribution in [0.4, 0.5) is 0 Å². The molecule has 0 amide bonds. The van der Waals surface area contributed by atoms with Gasteiger partial charge < -0.3 is 15.2 Å². The predicted octanol–water partition coefficient (Wildman–Crippen LogP) is 2.73. The molecule has 0 spiro atoms. The van der Waals surface area contributed by atoms with E-state index in [1.54, 1.807) is 25.1 Å². The van der Waals surface area contributed by atoms with Gasteiger partial charge in [0.2, 0.25) is 0 Å². The van der Waals surface area contributed by atoms with Crippen molar-refractivity contribution in [3.05, 3.63) is 28.2 Å². The first-order valence-electron chi connectivity index (χ1n) is 5.46. The summed E-state index contributed by atoms with van der Waals surface area (Å²) in [5.41, 5.74) is -0.943. The Morgan fingerprint density at radius 2 is 2.12 bits per heavy atom. The summed E-state index contributed by atoms with van der Waals surface area (Å²) in [6.45, 7) is 5.09. The maximum Gasteiger partial charge on any atom is 0.139 e. The van der Waals surface area contributed by atoms with Crippen LogP contribution < -0.4 is 10.1 Å². The zero-order valence-electron chi connectivity index (χ0n) is 9.96. The molecule has 3 nitrogen and oxygen atoms in total. The van der Waals surface area contributed by atoms with Crippen molar-refractivity contribution < 1.29 is 9.84 Å². The summed E-state index contributed by atoms with van der Waals surface area (Å²) < 4.78 is 5.47. The molecule has 96 valence electrons. The SMILES string of the molecule is CCNCC(C)(O)COc1cccc(Cl)c1Cl. The number of nitrogens with one attached hydrogen (secondary N) is 1. The molecule has 0 heterocycles. The largest absolute Gasteiger partial charge is 0.489 e. The zero-order valence-corrected chi connectivity index (χ0v) is 11.5. The van der Waals surface area contributed by atoms with Crippen molar-refractivity contribution >= 4 is 23.2 Å². The molecule has 0 aliphatic carbocycles. The van der Waals surface area contributed by atoms with E-state index in [-0.39, 0.29) is 6.61 Å². The highest BCUT2D eigenvalue weighted by Crippen LogP contribution is 2.31. The van der Waals surface area contributed by atoms with Crippen molar-refractivity contribution in [2.24, 2.45) is 0 Å². The number of likely N-dealkylation sites (N-methyl/N-ethyl adjacent to an activating group) is 1. The van der Waals surface area contributed by atoms with Crippen LogP contribution in [-0.4, -0.2) is 30.4 Å². The standard InChI is InChI=1S/C12H17Cl2NO2/c1-3-15-7-12(2,16)8-17-10-6-4-5-9(13)11(10)14/h4-6,15-16H,3,7-8H2,1-2H3. The van der Waals surface area contributed by atoms with Crippen LogP contribution >= 0.6 is 23.2 Å². The average Bonchev–Trinajstić information content (AvgIpc) is 2.29. The third-order valence-corrected chi connectivity index (χ3v) is 3.01. The Kier molecular flexibility index (Phi) is 5.53. The minimum atomic E-state index is -0.943. The van der Waals surface area contributed by atoms with Crippen LogP contribution in [0.5, 0.6) is 5.75 Å². The maximum atomic E-state index is 10.0. The molecule has 1 atom stereocenters. The number of ether oxygens (including phenoxy) is 1. The molecule has 17 heavy (non-hydrogen) atoms. The first-order chi connectivity index (χ1) is 7.96. The Labute approximate surface area is 112 Å². The zero-order chi connectivity index (χ0) is 12.9. The monoisotopic (exact) mass is 277 g/mol. The summed E-state index contributed by atoms with van der Waals surface area (Å²) in [6.07, 6.45) is 0. The van der Waals surface area contributed by atoms with E-state index in [1.807, 2.05) is 6.92 Å². The van der Waals surface area contributed by atoms with Crippen molar-refractivity contribution in [1.82, 2.24) is 5.32 Å². The molecule has 0 saturated carbocycles. The van der Waals surface area contributed by atoms with Crippen LogP contribution in [0.25, 0.3) is 0 Å². The third kappa shape index (κ3) is 4.72. The van der Waals surface area contributed by atoms with E-state index in [9.17, 15) is 5.11 Å². The quantitative estimate of drug-likeness (QED) is 0.840. The molecule has 0 saturated heterocycles. The number of hydrogen-bond donors (Lipinski definition) is 2. The molecule has 2 N–H and O–H groups in total. The van der Waals surface area contributed by atoms with Crippen LogP contribution in [0.3, 0.4) is 0 Å². The number of halogens is 2. The number of hydrogen-bond acceptors (Lipinski definition) is 3. The van der Waals surface area contributed by atoms with Crippen molar-refractivity contribution in [2.45, 2.75) is 19.4 Å². The summed E-state index contributed by atoms with van der Waals surface area (Å²) in [6, 6.07) is 5.16. The van der Waals surface area contributed by atoms with E-state index in [4.69, 9.17) is 27.9 Å². The van der Waals surface area contributed by atoms with E-state index < -0.39 is 5.60 Å². The molecule has 0 aliphatic heterocycles. The highest BCUT2D eigenvalue weighted by molar-refractivity contribution is 6.42. The van der Waals surface area contributed by atoms with E-state index in [2.05, 4.69) is 5.32 Å². The normalized spacial score (nSPS) is 14.4. The van der Waals surface area contributed by atoms with Gasteiger partial charge in [-0.2, -0.15) is 0 Å². The summed E-state index contributed by atoms with van der Waals surface area (Å²) in [5.74, 6) is 0.482. The Morgan fingerprint density at radius 1 is 1.41 bits per heavy atom. The minimum Gasteiger partial charge on any atom is -0.489 e. The summed E-state index contributed by atoms with van der Waals surface area (Å²) in [7, 11) is 0. The maximum absolute atomic E-state index is 10.0. The lowest BCUT2D eigenvalue weighted by Crippen LogP contribution is -2.42. The fraction of sp³-hybridized carbons (Fsp3) is 0.500. The van der Waals surface area contributed by atoms with E-state index in [0.29, 0.717) is 22.3 Å². The molecular formula is C12H17Cl2NO2. The Bertz CT molecular complexity index is 370. The fourth-order valence-corrected chi connectivity index (χ4v) is 1.62. The molecule has 0 aliphatic rings. The van der Waals surface area contributed by atoms with Crippen molar-refractivity contribution in [2.75, 3.05) is 19.7 Å². The first-order valence-corrected chi connectivity index (χ1v) is 6.22. The second-order valence-electron chi connectivity index (χ2n) is 4.12. The van der Waals surface area contributed by atoms with Gasteiger partial charge in [-0.05, 0) is 25.6 Å². The van der Waals surface area contributed by atoms with Crippen molar-refractivity contribution in [1.29, 1.82) is 0 Å².